The van der Waals surface area contributed by atoms with Crippen LogP contribution in [0.4, 0.5) is 0 Å². The lowest BCUT2D eigenvalue weighted by molar-refractivity contribution is 0.473. The highest BCUT2D eigenvalue weighted by Gasteiger charge is 2.04. The first-order chi connectivity index (χ1) is 5.11. The summed E-state index contributed by atoms with van der Waals surface area (Å²) < 4.78 is 0.935. The van der Waals surface area contributed by atoms with E-state index in [4.69, 9.17) is 10.8 Å². The zero-order chi connectivity index (χ0) is 8.43. The number of hydrogen-bond donors (Lipinski definition) is 2. The smallest absolute Gasteiger partial charge is 0.115 e. The molecule has 0 radical (unpaired) electrons. The topological polar surface area (TPSA) is 46.2 Å². The minimum Gasteiger partial charge on any atom is -0.508 e. The van der Waals surface area contributed by atoms with Gasteiger partial charge in [0.15, 0.2) is 0 Å². The summed E-state index contributed by atoms with van der Waals surface area (Å²) in [6.45, 7) is 1.87. The van der Waals surface area contributed by atoms with Crippen LogP contribution in [0.25, 0.3) is 0 Å². The first-order valence-electron chi connectivity index (χ1n) is 3.35. The van der Waals surface area contributed by atoms with Crippen molar-refractivity contribution in [3.63, 3.8) is 0 Å². The number of aromatic hydroxyl groups is 1. The monoisotopic (exact) mass is 215 g/mol. The predicted octanol–water partition coefficient (Wildman–Crippen LogP) is 2.17. The largest absolute Gasteiger partial charge is 0.508 e. The third-order valence-corrected chi connectivity index (χ3v) is 2.19. The Balaban J connectivity index is 3.13. The molecule has 0 heterocycles. The van der Waals surface area contributed by atoms with Crippen LogP contribution in [0.3, 0.4) is 0 Å². The molecule has 0 aliphatic heterocycles. The minimum atomic E-state index is -0.0588. The van der Waals surface area contributed by atoms with Crippen molar-refractivity contribution in [2.45, 2.75) is 13.0 Å². The van der Waals surface area contributed by atoms with Gasteiger partial charge in [-0.1, -0.05) is 15.9 Å². The molecule has 2 nitrogen and oxygen atoms in total. The van der Waals surface area contributed by atoms with Crippen LogP contribution in [0.1, 0.15) is 18.5 Å². The van der Waals surface area contributed by atoms with Crippen LogP contribution in [0, 0.1) is 0 Å². The molecule has 0 spiro atoms. The van der Waals surface area contributed by atoms with Crippen molar-refractivity contribution >= 4 is 15.9 Å². The molecule has 0 bridgehead atoms. The predicted molar refractivity (Wildman–Crippen MR) is 48.4 cm³/mol. The average Bonchev–Trinajstić information content (AvgIpc) is 1.94. The molecule has 0 saturated carbocycles. The highest BCUT2D eigenvalue weighted by molar-refractivity contribution is 9.10. The lowest BCUT2D eigenvalue weighted by atomic mass is 10.1. The summed E-state index contributed by atoms with van der Waals surface area (Å²) in [5.74, 6) is 0.250. The van der Waals surface area contributed by atoms with Crippen molar-refractivity contribution in [3.8, 4) is 5.75 Å². The number of nitrogens with two attached hydrogens (primary N) is 1. The van der Waals surface area contributed by atoms with Crippen LogP contribution in [0.15, 0.2) is 22.7 Å². The Labute approximate surface area is 74.2 Å². The SMILES string of the molecule is CC(N)c1cc(O)ccc1Br. The maximum absolute atomic E-state index is 9.11. The first-order valence-corrected chi connectivity index (χ1v) is 4.14. The lowest BCUT2D eigenvalue weighted by Crippen LogP contribution is -2.05. The summed E-state index contributed by atoms with van der Waals surface area (Å²) in [5.41, 5.74) is 6.56. The van der Waals surface area contributed by atoms with Crippen LogP contribution >= 0.6 is 15.9 Å². The van der Waals surface area contributed by atoms with Gasteiger partial charge in [-0.25, -0.2) is 0 Å². The molecule has 0 amide bonds. The second-order valence-electron chi connectivity index (χ2n) is 2.49. The van der Waals surface area contributed by atoms with E-state index in [1.807, 2.05) is 6.92 Å². The standard InChI is InChI=1S/C8H10BrNO/c1-5(10)7-4-6(11)2-3-8(7)9/h2-5,11H,10H2,1H3. The number of phenolic OH excluding ortho intramolecular Hbond substituents is 1. The molecule has 0 aromatic heterocycles. The van der Waals surface area contributed by atoms with Gasteiger partial charge in [-0.15, -0.1) is 0 Å². The molecular formula is C8H10BrNO. The van der Waals surface area contributed by atoms with Gasteiger partial charge in [0.2, 0.25) is 0 Å². The van der Waals surface area contributed by atoms with Gasteiger partial charge < -0.3 is 10.8 Å². The fourth-order valence-electron chi connectivity index (χ4n) is 0.880. The summed E-state index contributed by atoms with van der Waals surface area (Å²) in [6.07, 6.45) is 0. The zero-order valence-electron chi connectivity index (χ0n) is 6.21. The molecule has 1 unspecified atom stereocenters. The second kappa shape index (κ2) is 3.24. The van der Waals surface area contributed by atoms with E-state index in [-0.39, 0.29) is 11.8 Å². The van der Waals surface area contributed by atoms with E-state index in [1.54, 1.807) is 18.2 Å². The van der Waals surface area contributed by atoms with Crippen molar-refractivity contribution in [1.29, 1.82) is 0 Å². The van der Waals surface area contributed by atoms with E-state index >= 15 is 0 Å². The number of phenols is 1. The molecule has 11 heavy (non-hydrogen) atoms. The maximum atomic E-state index is 9.11. The lowest BCUT2D eigenvalue weighted by Gasteiger charge is -2.07. The summed E-state index contributed by atoms with van der Waals surface area (Å²) in [5, 5.41) is 9.11. The number of rotatable bonds is 1. The second-order valence-corrected chi connectivity index (χ2v) is 3.35. The van der Waals surface area contributed by atoms with E-state index < -0.39 is 0 Å². The third kappa shape index (κ3) is 1.94. The normalized spacial score (nSPS) is 13.0. The Morgan fingerprint density at radius 3 is 2.64 bits per heavy atom. The fourth-order valence-corrected chi connectivity index (χ4v) is 1.49. The molecule has 1 aromatic carbocycles. The summed E-state index contributed by atoms with van der Waals surface area (Å²) in [7, 11) is 0. The number of halogens is 1. The Hall–Kier alpha value is -0.540. The van der Waals surface area contributed by atoms with Gasteiger partial charge in [-0.3, -0.25) is 0 Å². The van der Waals surface area contributed by atoms with Crippen molar-refractivity contribution < 1.29 is 5.11 Å². The van der Waals surface area contributed by atoms with Crippen LogP contribution in [-0.2, 0) is 0 Å². The van der Waals surface area contributed by atoms with Crippen molar-refractivity contribution in [2.24, 2.45) is 5.73 Å². The van der Waals surface area contributed by atoms with Crippen LogP contribution in [-0.4, -0.2) is 5.11 Å². The molecule has 0 aliphatic carbocycles. The highest BCUT2D eigenvalue weighted by Crippen LogP contribution is 2.25. The van der Waals surface area contributed by atoms with Gasteiger partial charge in [0.1, 0.15) is 5.75 Å². The van der Waals surface area contributed by atoms with Crippen LogP contribution < -0.4 is 5.73 Å². The number of benzene rings is 1. The Kier molecular flexibility index (Phi) is 2.52. The van der Waals surface area contributed by atoms with Crippen molar-refractivity contribution in [1.82, 2.24) is 0 Å². The molecule has 1 atom stereocenters. The Morgan fingerprint density at radius 1 is 1.55 bits per heavy atom. The van der Waals surface area contributed by atoms with Crippen molar-refractivity contribution in [2.75, 3.05) is 0 Å². The quantitative estimate of drug-likeness (QED) is 0.755. The molecule has 0 fully saturated rings. The summed E-state index contributed by atoms with van der Waals surface area (Å²) >= 11 is 3.34. The molecule has 3 N–H and O–H groups in total. The minimum absolute atomic E-state index is 0.0588. The zero-order valence-corrected chi connectivity index (χ0v) is 7.80. The summed E-state index contributed by atoms with van der Waals surface area (Å²) in [6, 6.07) is 5.01. The van der Waals surface area contributed by atoms with Crippen molar-refractivity contribution in [3.05, 3.63) is 28.2 Å². The fraction of sp³-hybridized carbons (Fsp3) is 0.250. The molecule has 60 valence electrons. The maximum Gasteiger partial charge on any atom is 0.115 e. The van der Waals surface area contributed by atoms with E-state index in [9.17, 15) is 0 Å². The van der Waals surface area contributed by atoms with Gasteiger partial charge >= 0.3 is 0 Å². The Morgan fingerprint density at radius 2 is 2.18 bits per heavy atom. The van der Waals surface area contributed by atoms with Gasteiger partial charge in [0.05, 0.1) is 0 Å². The molecular weight excluding hydrogens is 206 g/mol. The van der Waals surface area contributed by atoms with Gasteiger partial charge in [-0.05, 0) is 30.7 Å². The summed E-state index contributed by atoms with van der Waals surface area (Å²) in [4.78, 5) is 0. The average molecular weight is 216 g/mol. The number of hydrogen-bond acceptors (Lipinski definition) is 2. The first kappa shape index (κ1) is 8.56. The van der Waals surface area contributed by atoms with E-state index in [0.717, 1.165) is 10.0 Å². The van der Waals surface area contributed by atoms with Gasteiger partial charge in [0.25, 0.3) is 0 Å². The van der Waals surface area contributed by atoms with Gasteiger partial charge in [-0.2, -0.15) is 0 Å². The van der Waals surface area contributed by atoms with Gasteiger partial charge in [0, 0.05) is 10.5 Å². The van der Waals surface area contributed by atoms with E-state index in [2.05, 4.69) is 15.9 Å². The molecule has 1 rings (SSSR count). The molecule has 0 saturated heterocycles. The van der Waals surface area contributed by atoms with E-state index in [1.165, 1.54) is 0 Å². The highest BCUT2D eigenvalue weighted by atomic mass is 79.9. The molecule has 3 heteroatoms. The molecule has 0 aliphatic rings. The van der Waals surface area contributed by atoms with Crippen LogP contribution in [0.2, 0.25) is 0 Å². The third-order valence-electron chi connectivity index (χ3n) is 1.47. The van der Waals surface area contributed by atoms with Crippen LogP contribution in [0.5, 0.6) is 5.75 Å². The molecule has 1 aromatic rings. The van der Waals surface area contributed by atoms with E-state index in [0.29, 0.717) is 0 Å². The Bertz CT molecular complexity index is 260.